The van der Waals surface area contributed by atoms with Gasteiger partial charge in [0, 0.05) is 35.2 Å². The summed E-state index contributed by atoms with van der Waals surface area (Å²) in [4.78, 5) is 13.9. The minimum absolute atomic E-state index is 0.0289. The fraction of sp³-hybridized carbons (Fsp3) is 0.393. The molecule has 2 aliphatic heterocycles. The monoisotopic (exact) mass is 486 g/mol. The van der Waals surface area contributed by atoms with Gasteiger partial charge in [-0.25, -0.2) is 15.0 Å². The molecular weight excluding hydrogens is 456 g/mol. The van der Waals surface area contributed by atoms with Crippen molar-refractivity contribution in [2.24, 2.45) is 22.1 Å². The summed E-state index contributed by atoms with van der Waals surface area (Å²) in [5.41, 5.74) is 8.62. The van der Waals surface area contributed by atoms with E-state index in [0.29, 0.717) is 30.0 Å². The summed E-state index contributed by atoms with van der Waals surface area (Å²) >= 11 is 0. The molecule has 1 aliphatic carbocycles. The van der Waals surface area contributed by atoms with Crippen LogP contribution in [0.25, 0.3) is 11.1 Å². The number of pyridine rings is 2. The molecular formula is C28H30N4O4. The quantitative estimate of drug-likeness (QED) is 0.520. The van der Waals surface area contributed by atoms with Crippen LogP contribution in [0, 0.1) is 11.3 Å². The first-order valence-electron chi connectivity index (χ1n) is 12.3. The van der Waals surface area contributed by atoms with Crippen LogP contribution >= 0.6 is 0 Å². The molecule has 186 valence electrons. The minimum Gasteiger partial charge on any atom is -0.493 e. The summed E-state index contributed by atoms with van der Waals surface area (Å²) in [5.74, 6) is 3.19. The molecule has 8 heteroatoms. The average Bonchev–Trinajstić information content (AvgIpc) is 3.62. The van der Waals surface area contributed by atoms with Crippen LogP contribution in [0.15, 0.2) is 53.8 Å². The van der Waals surface area contributed by atoms with Gasteiger partial charge in [-0.15, -0.1) is 0 Å². The Kier molecular flexibility index (Phi) is 5.28. The summed E-state index contributed by atoms with van der Waals surface area (Å²) < 4.78 is 23.8. The van der Waals surface area contributed by atoms with Crippen LogP contribution < -0.4 is 19.9 Å². The first kappa shape index (κ1) is 22.6. The highest BCUT2D eigenvalue weighted by atomic mass is 16.5. The lowest BCUT2D eigenvalue weighted by atomic mass is 9.81. The Balaban J connectivity index is 1.35. The van der Waals surface area contributed by atoms with Crippen molar-refractivity contribution >= 4 is 6.02 Å². The maximum absolute atomic E-state index is 6.20. The van der Waals surface area contributed by atoms with Crippen LogP contribution in [-0.4, -0.2) is 35.8 Å². The molecule has 36 heavy (non-hydrogen) atoms. The van der Waals surface area contributed by atoms with Gasteiger partial charge in [-0.3, -0.25) is 0 Å². The predicted octanol–water partition coefficient (Wildman–Crippen LogP) is 5.05. The Hall–Kier alpha value is -3.81. The van der Waals surface area contributed by atoms with E-state index < -0.39 is 5.54 Å². The Morgan fingerprint density at radius 2 is 1.83 bits per heavy atom. The number of aromatic nitrogens is 2. The maximum Gasteiger partial charge on any atom is 0.283 e. The summed E-state index contributed by atoms with van der Waals surface area (Å²) in [5, 5.41) is 0. The van der Waals surface area contributed by atoms with Crippen molar-refractivity contribution in [1.82, 2.24) is 9.97 Å². The van der Waals surface area contributed by atoms with Gasteiger partial charge in [-0.2, -0.15) is 0 Å². The molecule has 1 saturated carbocycles. The van der Waals surface area contributed by atoms with E-state index in [1.54, 1.807) is 12.4 Å². The predicted molar refractivity (Wildman–Crippen MR) is 136 cm³/mol. The fourth-order valence-electron chi connectivity index (χ4n) is 4.38. The molecule has 2 N–H and O–H groups in total. The zero-order valence-electron chi connectivity index (χ0n) is 20.8. The number of amidine groups is 1. The average molecular weight is 487 g/mol. The van der Waals surface area contributed by atoms with Gasteiger partial charge in [0.25, 0.3) is 6.02 Å². The summed E-state index contributed by atoms with van der Waals surface area (Å²) in [7, 11) is 0. The van der Waals surface area contributed by atoms with E-state index in [0.717, 1.165) is 34.6 Å². The molecule has 1 spiro atoms. The number of hydrogen-bond donors (Lipinski definition) is 1. The second-order valence-corrected chi connectivity index (χ2v) is 10.9. The van der Waals surface area contributed by atoms with Gasteiger partial charge < -0.3 is 24.7 Å². The smallest absolute Gasteiger partial charge is 0.283 e. The van der Waals surface area contributed by atoms with Crippen molar-refractivity contribution in [1.29, 1.82) is 0 Å². The van der Waals surface area contributed by atoms with Gasteiger partial charge in [0.15, 0.2) is 5.54 Å². The van der Waals surface area contributed by atoms with Crippen LogP contribution in [0.2, 0.25) is 0 Å². The van der Waals surface area contributed by atoms with E-state index in [1.807, 2.05) is 36.4 Å². The van der Waals surface area contributed by atoms with Crippen LogP contribution in [0.1, 0.15) is 44.7 Å². The lowest BCUT2D eigenvalue weighted by molar-refractivity contribution is 0.197. The second-order valence-electron chi connectivity index (χ2n) is 10.9. The molecule has 0 saturated heterocycles. The molecule has 1 atom stereocenters. The van der Waals surface area contributed by atoms with Gasteiger partial charge in [0.1, 0.15) is 18.1 Å². The molecule has 0 radical (unpaired) electrons. The molecule has 3 aliphatic rings. The normalized spacial score (nSPS) is 20.1. The molecule has 2 aromatic heterocycles. The molecule has 3 aromatic rings. The Bertz CT molecular complexity index is 1330. The highest BCUT2D eigenvalue weighted by Crippen LogP contribution is 2.51. The summed E-state index contributed by atoms with van der Waals surface area (Å²) in [6.07, 6.45) is 6.07. The largest absolute Gasteiger partial charge is 0.493 e. The topological polar surface area (TPSA) is 101 Å². The SMILES string of the molecule is CC(C)(C)COc1ccc2c(c1)[C@@]1(COC(N)=N1)c1cc(-c3ccc(OCC4CC4)nc3)cnc1O2. The zero-order valence-corrected chi connectivity index (χ0v) is 20.8. The number of benzene rings is 1. The molecule has 1 aromatic carbocycles. The van der Waals surface area contributed by atoms with Crippen LogP contribution in [-0.2, 0) is 10.3 Å². The first-order chi connectivity index (χ1) is 17.3. The van der Waals surface area contributed by atoms with E-state index in [9.17, 15) is 0 Å². The van der Waals surface area contributed by atoms with E-state index >= 15 is 0 Å². The van der Waals surface area contributed by atoms with Crippen molar-refractivity contribution in [2.75, 3.05) is 19.8 Å². The summed E-state index contributed by atoms with van der Waals surface area (Å²) in [6, 6.07) is 11.8. The maximum atomic E-state index is 6.20. The van der Waals surface area contributed by atoms with Gasteiger partial charge in [-0.05, 0) is 54.5 Å². The van der Waals surface area contributed by atoms with Crippen molar-refractivity contribution in [3.05, 3.63) is 59.9 Å². The van der Waals surface area contributed by atoms with Gasteiger partial charge >= 0.3 is 0 Å². The van der Waals surface area contributed by atoms with Crippen molar-refractivity contribution in [3.63, 3.8) is 0 Å². The highest BCUT2D eigenvalue weighted by molar-refractivity contribution is 5.77. The Morgan fingerprint density at radius 1 is 1.00 bits per heavy atom. The Labute approximate surface area is 210 Å². The first-order valence-corrected chi connectivity index (χ1v) is 12.3. The third-order valence-electron chi connectivity index (χ3n) is 6.54. The number of aliphatic imine (C=N–C) groups is 1. The number of nitrogens with zero attached hydrogens (tertiary/aromatic N) is 3. The van der Waals surface area contributed by atoms with Gasteiger partial charge in [0.05, 0.1) is 18.8 Å². The molecule has 4 heterocycles. The van der Waals surface area contributed by atoms with Crippen LogP contribution in [0.3, 0.4) is 0 Å². The lowest BCUT2D eigenvalue weighted by Gasteiger charge is -2.33. The second kappa shape index (κ2) is 8.40. The number of rotatable bonds is 6. The molecule has 8 nitrogen and oxygen atoms in total. The van der Waals surface area contributed by atoms with E-state index in [2.05, 4.69) is 30.7 Å². The van der Waals surface area contributed by atoms with Crippen molar-refractivity contribution in [2.45, 2.75) is 39.2 Å². The van der Waals surface area contributed by atoms with Gasteiger partial charge in [0.2, 0.25) is 11.8 Å². The van der Waals surface area contributed by atoms with Crippen LogP contribution in [0.4, 0.5) is 0 Å². The standard InChI is InChI=1S/C28H30N4O4/c1-27(2,3)15-34-20-7-8-23-21(11-20)28(16-35-26(29)32-28)22-10-19(13-31-25(22)36-23)18-6-9-24(30-12-18)33-14-17-4-5-17/h6-13,17H,4-5,14-16H2,1-3H3,(H2,29,32)/t28-/m0/s1. The van der Waals surface area contributed by atoms with Gasteiger partial charge in [-0.1, -0.05) is 20.8 Å². The zero-order chi connectivity index (χ0) is 24.9. The summed E-state index contributed by atoms with van der Waals surface area (Å²) in [6.45, 7) is 7.97. The van der Waals surface area contributed by atoms with Crippen LogP contribution in [0.5, 0.6) is 23.3 Å². The van der Waals surface area contributed by atoms with E-state index in [4.69, 9.17) is 29.7 Å². The number of hydrogen-bond acceptors (Lipinski definition) is 8. The molecule has 0 bridgehead atoms. The third-order valence-corrected chi connectivity index (χ3v) is 6.54. The third kappa shape index (κ3) is 4.32. The van der Waals surface area contributed by atoms with Crippen molar-refractivity contribution in [3.8, 4) is 34.4 Å². The highest BCUT2D eigenvalue weighted by Gasteiger charge is 2.48. The van der Waals surface area contributed by atoms with E-state index in [1.165, 1.54) is 12.8 Å². The molecule has 6 rings (SSSR count). The van der Waals surface area contributed by atoms with Crippen molar-refractivity contribution < 1.29 is 18.9 Å². The Morgan fingerprint density at radius 3 is 2.53 bits per heavy atom. The number of fused-ring (bicyclic) bond motifs is 4. The molecule has 1 fully saturated rings. The lowest BCUT2D eigenvalue weighted by Crippen LogP contribution is -2.31. The fourth-order valence-corrected chi connectivity index (χ4v) is 4.38. The number of nitrogens with two attached hydrogens (primary N) is 1. The molecule has 0 amide bonds. The van der Waals surface area contributed by atoms with E-state index in [-0.39, 0.29) is 18.0 Å². The molecule has 0 unspecified atom stereocenters. The number of ether oxygens (including phenoxy) is 4. The minimum atomic E-state index is -0.877.